The van der Waals surface area contributed by atoms with Crippen LogP contribution in [-0.2, 0) is 4.79 Å². The average Bonchev–Trinajstić information content (AvgIpc) is 2.85. The van der Waals surface area contributed by atoms with Gasteiger partial charge in [-0.15, -0.1) is 0 Å². The summed E-state index contributed by atoms with van der Waals surface area (Å²) in [7, 11) is 0. The first kappa shape index (κ1) is 27.6. The van der Waals surface area contributed by atoms with Gasteiger partial charge in [0.25, 0.3) is 0 Å². The first-order chi connectivity index (χ1) is 15.3. The summed E-state index contributed by atoms with van der Waals surface area (Å²) >= 11 is 0. The Bertz CT molecular complexity index is 822. The third-order valence-electron chi connectivity index (χ3n) is 3.63. The third kappa shape index (κ3) is 9.30. The van der Waals surface area contributed by atoms with Crippen molar-refractivity contribution in [2.45, 2.75) is 48.5 Å². The zero-order chi connectivity index (χ0) is 23.5. The van der Waals surface area contributed by atoms with Crippen molar-refractivity contribution in [3.8, 4) is 0 Å². The van der Waals surface area contributed by atoms with E-state index >= 15 is 0 Å². The number of para-hydroxylation sites is 3. The monoisotopic (exact) mass is 419 g/mol. The van der Waals surface area contributed by atoms with Crippen LogP contribution in [0.15, 0.2) is 90.0 Å². The molecule has 0 aliphatic heterocycles. The molecule has 1 amide bonds. The normalized spacial score (nSPS) is 9.13. The Morgan fingerprint density at radius 1 is 0.710 bits per heavy atom. The van der Waals surface area contributed by atoms with E-state index in [1.165, 1.54) is 6.92 Å². The molecule has 0 radical (unpaired) electrons. The highest BCUT2D eigenvalue weighted by Crippen LogP contribution is 2.35. The highest BCUT2D eigenvalue weighted by atomic mass is 16.2. The standard InChI is InChI=1S/C21H19N3O.3C2H6/c1-17(25)23-22-16-18-10-8-9-15-21(18)24(19-11-4-2-5-12-19)20-13-6-3-7-14-20;3*1-2/h2-16H,1H3,(H,23,25);3*1-2H3/b22-16+;;;. The molecule has 0 saturated carbocycles. The van der Waals surface area contributed by atoms with Crippen LogP contribution >= 0.6 is 0 Å². The number of hydrazone groups is 1. The first-order valence-corrected chi connectivity index (χ1v) is 11.0. The second-order valence-electron chi connectivity index (χ2n) is 5.49. The third-order valence-corrected chi connectivity index (χ3v) is 3.63. The topological polar surface area (TPSA) is 44.7 Å². The van der Waals surface area contributed by atoms with Crippen LogP contribution in [0, 0.1) is 0 Å². The van der Waals surface area contributed by atoms with Gasteiger partial charge in [-0.2, -0.15) is 5.10 Å². The van der Waals surface area contributed by atoms with Crippen LogP contribution in [0.1, 0.15) is 54.0 Å². The summed E-state index contributed by atoms with van der Waals surface area (Å²) in [5.74, 6) is -0.197. The molecule has 0 aliphatic rings. The van der Waals surface area contributed by atoms with Gasteiger partial charge in [0.2, 0.25) is 5.91 Å². The molecule has 0 unspecified atom stereocenters. The fourth-order valence-corrected chi connectivity index (χ4v) is 2.57. The largest absolute Gasteiger partial charge is 0.310 e. The van der Waals surface area contributed by atoms with Crippen molar-refractivity contribution in [2.75, 3.05) is 4.90 Å². The van der Waals surface area contributed by atoms with Gasteiger partial charge < -0.3 is 4.90 Å². The van der Waals surface area contributed by atoms with Crippen molar-refractivity contribution in [1.82, 2.24) is 5.43 Å². The van der Waals surface area contributed by atoms with E-state index in [1.54, 1.807) is 6.21 Å². The summed E-state index contributed by atoms with van der Waals surface area (Å²) in [4.78, 5) is 13.2. The van der Waals surface area contributed by atoms with Crippen molar-refractivity contribution in [3.05, 3.63) is 90.5 Å². The minimum atomic E-state index is -0.197. The molecule has 0 fully saturated rings. The van der Waals surface area contributed by atoms with E-state index in [2.05, 4.69) is 39.7 Å². The summed E-state index contributed by atoms with van der Waals surface area (Å²) in [6, 6.07) is 28.3. The summed E-state index contributed by atoms with van der Waals surface area (Å²) in [5, 5.41) is 4.02. The quantitative estimate of drug-likeness (QED) is 0.340. The summed E-state index contributed by atoms with van der Waals surface area (Å²) in [6.45, 7) is 13.4. The molecule has 0 spiro atoms. The molecule has 166 valence electrons. The lowest BCUT2D eigenvalue weighted by Gasteiger charge is -2.26. The predicted molar refractivity (Wildman–Crippen MR) is 137 cm³/mol. The molecule has 3 rings (SSSR count). The summed E-state index contributed by atoms with van der Waals surface area (Å²) < 4.78 is 0. The van der Waals surface area contributed by atoms with E-state index in [0.29, 0.717) is 0 Å². The highest BCUT2D eigenvalue weighted by Gasteiger charge is 2.14. The van der Waals surface area contributed by atoms with Crippen molar-refractivity contribution in [3.63, 3.8) is 0 Å². The van der Waals surface area contributed by atoms with E-state index in [1.807, 2.05) is 102 Å². The number of amides is 1. The number of nitrogens with one attached hydrogen (secondary N) is 1. The second-order valence-corrected chi connectivity index (χ2v) is 5.49. The first-order valence-electron chi connectivity index (χ1n) is 11.0. The van der Waals surface area contributed by atoms with Crippen molar-refractivity contribution in [1.29, 1.82) is 0 Å². The van der Waals surface area contributed by atoms with Crippen molar-refractivity contribution >= 4 is 29.2 Å². The Kier molecular flexibility index (Phi) is 15.5. The molecule has 3 aromatic rings. The smallest absolute Gasteiger partial charge is 0.236 e. The van der Waals surface area contributed by atoms with Crippen LogP contribution in [0.5, 0.6) is 0 Å². The number of hydrogen-bond donors (Lipinski definition) is 1. The molecule has 1 N–H and O–H groups in total. The van der Waals surface area contributed by atoms with Gasteiger partial charge in [0.15, 0.2) is 0 Å². The molecule has 0 aromatic heterocycles. The molecule has 3 aromatic carbocycles. The van der Waals surface area contributed by atoms with Crippen LogP contribution in [0.4, 0.5) is 17.1 Å². The predicted octanol–water partition coefficient (Wildman–Crippen LogP) is 7.71. The molecule has 0 bridgehead atoms. The molecular formula is C27H37N3O. The lowest BCUT2D eigenvalue weighted by atomic mass is 10.1. The number of hydrogen-bond acceptors (Lipinski definition) is 3. The van der Waals surface area contributed by atoms with Gasteiger partial charge in [-0.1, -0.05) is 96.1 Å². The maximum atomic E-state index is 11.1. The number of nitrogens with zero attached hydrogens (tertiary/aromatic N) is 2. The lowest BCUT2D eigenvalue weighted by molar-refractivity contribution is -0.118. The van der Waals surface area contributed by atoms with Crippen molar-refractivity contribution in [2.24, 2.45) is 5.10 Å². The fourth-order valence-electron chi connectivity index (χ4n) is 2.57. The van der Waals surface area contributed by atoms with Gasteiger partial charge in [0, 0.05) is 23.9 Å². The van der Waals surface area contributed by atoms with Crippen LogP contribution in [0.25, 0.3) is 0 Å². The molecule has 0 atom stereocenters. The number of benzene rings is 3. The van der Waals surface area contributed by atoms with Gasteiger partial charge in [0.05, 0.1) is 11.9 Å². The molecule has 0 saturated heterocycles. The summed E-state index contributed by atoms with van der Waals surface area (Å²) in [6.07, 6.45) is 1.66. The van der Waals surface area contributed by atoms with E-state index in [-0.39, 0.29) is 5.91 Å². The Balaban J connectivity index is 0.00000138. The van der Waals surface area contributed by atoms with Crippen molar-refractivity contribution < 1.29 is 4.79 Å². The Hall–Kier alpha value is -3.40. The molecular weight excluding hydrogens is 382 g/mol. The molecule has 0 heterocycles. The van der Waals surface area contributed by atoms with E-state index < -0.39 is 0 Å². The van der Waals surface area contributed by atoms with E-state index in [0.717, 1.165) is 22.6 Å². The van der Waals surface area contributed by atoms with Gasteiger partial charge in [0.1, 0.15) is 0 Å². The minimum Gasteiger partial charge on any atom is -0.310 e. The molecule has 31 heavy (non-hydrogen) atoms. The SMILES string of the molecule is CC.CC.CC.CC(=O)N/N=C/c1ccccc1N(c1ccccc1)c1ccccc1. The van der Waals surface area contributed by atoms with Gasteiger partial charge >= 0.3 is 0 Å². The Morgan fingerprint density at radius 3 is 1.58 bits per heavy atom. The van der Waals surface area contributed by atoms with E-state index in [4.69, 9.17) is 0 Å². The van der Waals surface area contributed by atoms with Crippen LogP contribution < -0.4 is 10.3 Å². The maximum absolute atomic E-state index is 11.1. The average molecular weight is 420 g/mol. The maximum Gasteiger partial charge on any atom is 0.236 e. The number of rotatable bonds is 5. The van der Waals surface area contributed by atoms with Gasteiger partial charge in [-0.25, -0.2) is 5.43 Å². The number of anilines is 3. The van der Waals surface area contributed by atoms with Gasteiger partial charge in [-0.05, 0) is 30.3 Å². The molecule has 4 heteroatoms. The second kappa shape index (κ2) is 17.5. The molecule has 4 nitrogen and oxygen atoms in total. The fraction of sp³-hybridized carbons (Fsp3) is 0.259. The lowest BCUT2D eigenvalue weighted by Crippen LogP contribution is -2.14. The van der Waals surface area contributed by atoms with Gasteiger partial charge in [-0.3, -0.25) is 4.79 Å². The zero-order valence-corrected chi connectivity index (χ0v) is 20.0. The molecule has 0 aliphatic carbocycles. The number of carbonyl (C=O) groups excluding carboxylic acids is 1. The number of carbonyl (C=O) groups is 1. The van der Waals surface area contributed by atoms with Crippen LogP contribution in [-0.4, -0.2) is 12.1 Å². The minimum absolute atomic E-state index is 0.197. The van der Waals surface area contributed by atoms with Crippen LogP contribution in [0.3, 0.4) is 0 Å². The Morgan fingerprint density at radius 2 is 1.13 bits per heavy atom. The highest BCUT2D eigenvalue weighted by molar-refractivity contribution is 5.93. The van der Waals surface area contributed by atoms with Crippen LogP contribution in [0.2, 0.25) is 0 Å². The Labute approximate surface area is 188 Å². The van der Waals surface area contributed by atoms with E-state index in [9.17, 15) is 4.79 Å². The zero-order valence-electron chi connectivity index (χ0n) is 20.0. The summed E-state index contributed by atoms with van der Waals surface area (Å²) in [5.41, 5.74) is 6.44.